The smallest absolute Gasteiger partial charge is 0.256 e. The van der Waals surface area contributed by atoms with E-state index >= 15 is 0 Å². The second-order valence-corrected chi connectivity index (χ2v) is 10.6. The Balaban J connectivity index is 1.38. The van der Waals surface area contributed by atoms with Crippen molar-refractivity contribution in [2.45, 2.75) is 6.54 Å². The molecule has 9 heteroatoms. The van der Waals surface area contributed by atoms with Crippen molar-refractivity contribution in [3.63, 3.8) is 0 Å². The summed E-state index contributed by atoms with van der Waals surface area (Å²) in [7, 11) is -0.730. The van der Waals surface area contributed by atoms with E-state index in [2.05, 4.69) is 15.0 Å². The maximum Gasteiger partial charge on any atom is 0.256 e. The van der Waals surface area contributed by atoms with Crippen LogP contribution >= 0.6 is 0 Å². The lowest BCUT2D eigenvalue weighted by molar-refractivity contribution is 0.390. The van der Waals surface area contributed by atoms with Gasteiger partial charge in [-0.1, -0.05) is 42.5 Å². The number of anilines is 1. The van der Waals surface area contributed by atoms with Crippen LogP contribution in [0.1, 0.15) is 5.56 Å². The van der Waals surface area contributed by atoms with Gasteiger partial charge in [0.1, 0.15) is 11.5 Å². The van der Waals surface area contributed by atoms with E-state index in [1.165, 1.54) is 6.20 Å². The molecule has 0 saturated carbocycles. The van der Waals surface area contributed by atoms with Crippen LogP contribution in [0.25, 0.3) is 32.8 Å². The molecule has 2 N–H and O–H groups in total. The summed E-state index contributed by atoms with van der Waals surface area (Å²) in [6.45, 7) is 0.345. The van der Waals surface area contributed by atoms with Crippen molar-refractivity contribution in [2.24, 2.45) is 0 Å². The summed E-state index contributed by atoms with van der Waals surface area (Å²) in [5.41, 5.74) is 3.22. The summed E-state index contributed by atoms with van der Waals surface area (Å²) in [5, 5.41) is 5.51. The Kier molecular flexibility index (Phi) is 7.65. The highest BCUT2D eigenvalue weighted by Crippen LogP contribution is 2.25. The third-order valence-corrected chi connectivity index (χ3v) is 7.42. The molecule has 1 aromatic heterocycles. The topological polar surface area (TPSA) is 107 Å². The van der Waals surface area contributed by atoms with Gasteiger partial charge in [0.05, 0.1) is 25.1 Å². The minimum Gasteiger partial charge on any atom is -0.497 e. The van der Waals surface area contributed by atoms with Crippen molar-refractivity contribution in [1.82, 2.24) is 10.3 Å². The van der Waals surface area contributed by atoms with Gasteiger partial charge in [0, 0.05) is 52.6 Å². The number of hydrogen-bond donors (Lipinski definition) is 2. The lowest BCUT2D eigenvalue weighted by Crippen LogP contribution is -2.12. The van der Waals surface area contributed by atoms with Crippen molar-refractivity contribution in [3.8, 4) is 22.6 Å². The van der Waals surface area contributed by atoms with Crippen molar-refractivity contribution in [1.29, 1.82) is 0 Å². The quantitative estimate of drug-likeness (QED) is 0.251. The van der Waals surface area contributed by atoms with E-state index in [1.807, 2.05) is 48.5 Å². The summed E-state index contributed by atoms with van der Waals surface area (Å²) in [6.07, 6.45) is 3.09. The number of nitrogens with zero attached hydrogens (tertiary/aromatic N) is 1. The molecule has 8 nitrogen and oxygen atoms in total. The Morgan fingerprint density at radius 1 is 0.850 bits per heavy atom. The van der Waals surface area contributed by atoms with Crippen LogP contribution in [0.5, 0.6) is 11.5 Å². The first-order chi connectivity index (χ1) is 19.4. The Morgan fingerprint density at radius 2 is 1.65 bits per heavy atom. The van der Waals surface area contributed by atoms with Crippen LogP contribution in [-0.4, -0.2) is 27.6 Å². The van der Waals surface area contributed by atoms with E-state index in [0.717, 1.165) is 22.1 Å². The molecule has 0 aliphatic heterocycles. The number of sulfonamides is 1. The van der Waals surface area contributed by atoms with Crippen molar-refractivity contribution in [2.75, 3.05) is 18.9 Å². The summed E-state index contributed by atoms with van der Waals surface area (Å²) in [5.74, 6) is 1.28. The highest BCUT2D eigenvalue weighted by molar-refractivity contribution is 7.95. The molecule has 5 rings (SSSR count). The number of aromatic nitrogens is 1. The first kappa shape index (κ1) is 26.7. The van der Waals surface area contributed by atoms with Crippen LogP contribution in [-0.2, 0) is 16.6 Å². The van der Waals surface area contributed by atoms with Gasteiger partial charge in [0.15, 0.2) is 5.43 Å². The average molecular weight is 554 g/mol. The molecule has 0 radical (unpaired) electrons. The standard InChI is InChI=1S/C31H27N3O5S/c1-38-26-12-9-23(30(18-26)39-2)19-32-14-15-40(36,37)34-25-11-8-22-10-13-29-28(31(35)27(22)17-25)16-24(20-33-29)21-6-4-3-5-7-21/h3-18,20,32,34H,19H2,1-2H3/b15-14+. The van der Waals surface area contributed by atoms with Crippen LogP contribution in [0.3, 0.4) is 0 Å². The number of nitrogens with one attached hydrogen (secondary N) is 2. The molecule has 0 spiro atoms. The second-order valence-electron chi connectivity index (χ2n) is 9.00. The van der Waals surface area contributed by atoms with E-state index in [1.54, 1.807) is 56.8 Å². The van der Waals surface area contributed by atoms with Gasteiger partial charge in [-0.3, -0.25) is 14.5 Å². The van der Waals surface area contributed by atoms with Gasteiger partial charge in [0.25, 0.3) is 10.0 Å². The molecule has 0 unspecified atom stereocenters. The summed E-state index contributed by atoms with van der Waals surface area (Å²) in [6, 6.07) is 25.4. The average Bonchev–Trinajstić information content (AvgIpc) is 3.11. The zero-order valence-corrected chi connectivity index (χ0v) is 22.7. The van der Waals surface area contributed by atoms with E-state index in [-0.39, 0.29) is 11.1 Å². The van der Waals surface area contributed by atoms with Crippen LogP contribution in [0, 0.1) is 0 Å². The molecule has 0 fully saturated rings. The maximum absolute atomic E-state index is 13.6. The van der Waals surface area contributed by atoms with Crippen LogP contribution in [0.2, 0.25) is 0 Å². The van der Waals surface area contributed by atoms with Crippen LogP contribution < -0.4 is 24.9 Å². The molecule has 202 valence electrons. The molecule has 0 aliphatic rings. The highest BCUT2D eigenvalue weighted by atomic mass is 32.2. The number of fused-ring (bicyclic) bond motifs is 2. The van der Waals surface area contributed by atoms with E-state index in [0.29, 0.717) is 39.7 Å². The Bertz CT molecular complexity index is 1890. The Morgan fingerprint density at radius 3 is 2.42 bits per heavy atom. The van der Waals surface area contributed by atoms with Crippen molar-refractivity contribution >= 4 is 37.4 Å². The first-order valence-corrected chi connectivity index (χ1v) is 14.0. The first-order valence-electron chi connectivity index (χ1n) is 12.4. The molecular formula is C31H27N3O5S. The maximum atomic E-state index is 13.6. The van der Waals surface area contributed by atoms with E-state index in [9.17, 15) is 13.2 Å². The summed E-state index contributed by atoms with van der Waals surface area (Å²) >= 11 is 0. The van der Waals surface area contributed by atoms with Gasteiger partial charge in [-0.2, -0.15) is 0 Å². The molecule has 5 aromatic rings. The number of pyridine rings is 1. The normalized spacial score (nSPS) is 11.6. The summed E-state index contributed by atoms with van der Waals surface area (Å²) < 4.78 is 38.6. The SMILES string of the molecule is COc1ccc(CN/C=C/S(=O)(=O)Nc2ccc3ccc4ncc(-c5ccccc5)cc4c(=O)c3c2)c(OC)c1. The third-order valence-electron chi connectivity index (χ3n) is 6.40. The Labute approximate surface area is 232 Å². The minimum atomic E-state index is -3.86. The van der Waals surface area contributed by atoms with Gasteiger partial charge < -0.3 is 14.8 Å². The predicted octanol–water partition coefficient (Wildman–Crippen LogP) is 5.44. The number of rotatable bonds is 9. The lowest BCUT2D eigenvalue weighted by atomic mass is 10.1. The largest absolute Gasteiger partial charge is 0.497 e. The molecule has 1 heterocycles. The zero-order valence-electron chi connectivity index (χ0n) is 21.9. The molecule has 0 bridgehead atoms. The number of benzene rings is 3. The molecule has 40 heavy (non-hydrogen) atoms. The van der Waals surface area contributed by atoms with Gasteiger partial charge in [-0.15, -0.1) is 0 Å². The molecule has 0 saturated heterocycles. The van der Waals surface area contributed by atoms with Crippen molar-refractivity contribution < 1.29 is 17.9 Å². The van der Waals surface area contributed by atoms with Gasteiger partial charge in [0.2, 0.25) is 0 Å². The molecule has 4 aromatic carbocycles. The molecule has 0 amide bonds. The number of hydrogen-bond acceptors (Lipinski definition) is 7. The lowest BCUT2D eigenvalue weighted by Gasteiger charge is -2.10. The van der Waals surface area contributed by atoms with Crippen LogP contribution in [0.15, 0.2) is 108 Å². The zero-order chi connectivity index (χ0) is 28.1. The van der Waals surface area contributed by atoms with Crippen molar-refractivity contribution in [3.05, 3.63) is 119 Å². The van der Waals surface area contributed by atoms with E-state index < -0.39 is 10.0 Å². The fourth-order valence-corrected chi connectivity index (χ4v) is 5.16. The predicted molar refractivity (Wildman–Crippen MR) is 159 cm³/mol. The Hall–Kier alpha value is -4.89. The van der Waals surface area contributed by atoms with Crippen LogP contribution in [0.4, 0.5) is 5.69 Å². The fourth-order valence-electron chi connectivity index (χ4n) is 4.36. The van der Waals surface area contributed by atoms with Gasteiger partial charge in [-0.05, 0) is 47.3 Å². The number of ether oxygens (including phenoxy) is 2. The van der Waals surface area contributed by atoms with Gasteiger partial charge in [-0.25, -0.2) is 8.42 Å². The molecule has 0 atom stereocenters. The minimum absolute atomic E-state index is 0.230. The molecule has 0 aliphatic carbocycles. The second kappa shape index (κ2) is 11.5. The monoisotopic (exact) mass is 553 g/mol. The molecular weight excluding hydrogens is 526 g/mol. The number of methoxy groups -OCH3 is 2. The summed E-state index contributed by atoms with van der Waals surface area (Å²) in [4.78, 5) is 18.1. The third kappa shape index (κ3) is 5.89. The van der Waals surface area contributed by atoms with E-state index in [4.69, 9.17) is 9.47 Å². The highest BCUT2D eigenvalue weighted by Gasteiger charge is 2.10. The van der Waals surface area contributed by atoms with Gasteiger partial charge >= 0.3 is 0 Å². The fraction of sp³-hybridized carbons (Fsp3) is 0.0968.